The number of imide groups is 1. The van der Waals surface area contributed by atoms with Gasteiger partial charge < -0.3 is 14.5 Å². The van der Waals surface area contributed by atoms with Gasteiger partial charge in [0, 0.05) is 26.2 Å². The summed E-state index contributed by atoms with van der Waals surface area (Å²) in [7, 11) is 2.07. The first-order valence-corrected chi connectivity index (χ1v) is 11.2. The smallest absolute Gasteiger partial charge is 0.282 e. The Morgan fingerprint density at radius 2 is 1.50 bits per heavy atom. The topological polar surface area (TPSA) is 53.1 Å². The summed E-state index contributed by atoms with van der Waals surface area (Å²) >= 11 is 0. The van der Waals surface area contributed by atoms with E-state index in [-0.39, 0.29) is 17.9 Å². The van der Waals surface area contributed by atoms with Gasteiger partial charge in [0.05, 0.1) is 17.4 Å². The van der Waals surface area contributed by atoms with E-state index in [1.807, 2.05) is 45.9 Å². The molecule has 1 fully saturated rings. The van der Waals surface area contributed by atoms with E-state index in [1.54, 1.807) is 24.3 Å². The lowest BCUT2D eigenvalue weighted by Gasteiger charge is -2.34. The molecule has 2 heterocycles. The first-order chi connectivity index (χ1) is 15.3. The van der Waals surface area contributed by atoms with Crippen molar-refractivity contribution in [3.05, 3.63) is 64.9 Å². The minimum Gasteiger partial charge on any atom is -0.491 e. The standard InChI is InChI=1S/C26H31N3O3/c1-17(2)32-22-10-8-21(9-11-22)29-25(30)23(20-7-6-18(3)19(4)16-20)24(26(29)31)28-14-12-27(5)13-15-28/h6-11,16-17H,12-15H2,1-5H3. The largest absolute Gasteiger partial charge is 0.491 e. The molecule has 1 saturated heterocycles. The number of aryl methyl sites for hydroxylation is 2. The Morgan fingerprint density at radius 3 is 2.09 bits per heavy atom. The third-order valence-corrected chi connectivity index (χ3v) is 6.14. The van der Waals surface area contributed by atoms with Crippen LogP contribution in [-0.2, 0) is 9.59 Å². The summed E-state index contributed by atoms with van der Waals surface area (Å²) in [4.78, 5) is 32.9. The van der Waals surface area contributed by atoms with E-state index in [0.29, 0.717) is 35.8 Å². The Labute approximate surface area is 190 Å². The van der Waals surface area contributed by atoms with Crippen molar-refractivity contribution in [1.29, 1.82) is 0 Å². The zero-order valence-electron chi connectivity index (χ0n) is 19.5. The summed E-state index contributed by atoms with van der Waals surface area (Å²) in [6.07, 6.45) is 0.0535. The summed E-state index contributed by atoms with van der Waals surface area (Å²) in [5.41, 5.74) is 4.61. The predicted octanol–water partition coefficient (Wildman–Crippen LogP) is 3.62. The van der Waals surface area contributed by atoms with Gasteiger partial charge in [-0.1, -0.05) is 18.2 Å². The summed E-state index contributed by atoms with van der Waals surface area (Å²) in [5, 5.41) is 0. The lowest BCUT2D eigenvalue weighted by atomic mass is 9.99. The van der Waals surface area contributed by atoms with Crippen LogP contribution in [0.15, 0.2) is 48.2 Å². The number of likely N-dealkylation sites (N-methyl/N-ethyl adjacent to an activating group) is 1. The number of anilines is 1. The van der Waals surface area contributed by atoms with E-state index in [0.717, 1.165) is 29.8 Å². The molecule has 6 nitrogen and oxygen atoms in total. The first kappa shape index (κ1) is 22.1. The molecular weight excluding hydrogens is 402 g/mol. The van der Waals surface area contributed by atoms with Crippen molar-refractivity contribution in [3.8, 4) is 5.75 Å². The van der Waals surface area contributed by atoms with Gasteiger partial charge in [0.25, 0.3) is 11.8 Å². The van der Waals surface area contributed by atoms with E-state index in [1.165, 1.54) is 4.90 Å². The van der Waals surface area contributed by atoms with Crippen LogP contribution in [0.1, 0.15) is 30.5 Å². The molecule has 0 unspecified atom stereocenters. The molecule has 0 radical (unpaired) electrons. The van der Waals surface area contributed by atoms with E-state index in [2.05, 4.69) is 16.8 Å². The van der Waals surface area contributed by atoms with Gasteiger partial charge in [0.2, 0.25) is 0 Å². The molecule has 168 valence electrons. The summed E-state index contributed by atoms with van der Waals surface area (Å²) in [6.45, 7) is 11.1. The molecule has 0 aromatic heterocycles. The lowest BCUT2D eigenvalue weighted by molar-refractivity contribution is -0.120. The normalized spacial score (nSPS) is 17.7. The number of ether oxygens (including phenoxy) is 1. The molecule has 0 spiro atoms. The van der Waals surface area contributed by atoms with Gasteiger partial charge in [-0.2, -0.15) is 0 Å². The van der Waals surface area contributed by atoms with Crippen LogP contribution in [-0.4, -0.2) is 60.9 Å². The number of carbonyl (C=O) groups excluding carboxylic acids is 2. The molecule has 2 aliphatic rings. The highest BCUT2D eigenvalue weighted by Crippen LogP contribution is 2.36. The van der Waals surface area contributed by atoms with Crippen LogP contribution in [0.5, 0.6) is 5.75 Å². The monoisotopic (exact) mass is 433 g/mol. The van der Waals surface area contributed by atoms with Crippen molar-refractivity contribution in [2.45, 2.75) is 33.8 Å². The molecule has 6 heteroatoms. The Balaban J connectivity index is 1.75. The van der Waals surface area contributed by atoms with Crippen molar-refractivity contribution < 1.29 is 14.3 Å². The maximum absolute atomic E-state index is 13.7. The Morgan fingerprint density at radius 1 is 0.844 bits per heavy atom. The van der Waals surface area contributed by atoms with Gasteiger partial charge in [0.15, 0.2) is 0 Å². The second-order valence-corrected chi connectivity index (χ2v) is 8.92. The van der Waals surface area contributed by atoms with Crippen molar-refractivity contribution >= 4 is 23.1 Å². The predicted molar refractivity (Wildman–Crippen MR) is 127 cm³/mol. The highest BCUT2D eigenvalue weighted by molar-refractivity contribution is 6.45. The van der Waals surface area contributed by atoms with Crippen LogP contribution in [0.2, 0.25) is 0 Å². The number of rotatable bonds is 5. The van der Waals surface area contributed by atoms with E-state index in [4.69, 9.17) is 4.74 Å². The molecule has 2 aromatic rings. The molecular formula is C26H31N3O3. The average Bonchev–Trinajstić information content (AvgIpc) is 3.01. The van der Waals surface area contributed by atoms with Crippen molar-refractivity contribution in [3.63, 3.8) is 0 Å². The van der Waals surface area contributed by atoms with Crippen molar-refractivity contribution in [1.82, 2.24) is 9.80 Å². The minimum absolute atomic E-state index is 0.0535. The molecule has 0 saturated carbocycles. The summed E-state index contributed by atoms with van der Waals surface area (Å²) in [6, 6.07) is 13.1. The third kappa shape index (κ3) is 4.15. The van der Waals surface area contributed by atoms with Gasteiger partial charge in [0.1, 0.15) is 11.4 Å². The average molecular weight is 434 g/mol. The number of amides is 2. The zero-order valence-corrected chi connectivity index (χ0v) is 19.5. The van der Waals surface area contributed by atoms with Gasteiger partial charge in [-0.05, 0) is 75.7 Å². The number of benzene rings is 2. The van der Waals surface area contributed by atoms with Crippen molar-refractivity contribution in [2.24, 2.45) is 0 Å². The number of hydrogen-bond donors (Lipinski definition) is 0. The maximum Gasteiger partial charge on any atom is 0.282 e. The van der Waals surface area contributed by atoms with Gasteiger partial charge in [-0.3, -0.25) is 9.59 Å². The fraction of sp³-hybridized carbons (Fsp3) is 0.385. The molecule has 0 atom stereocenters. The number of hydrogen-bond acceptors (Lipinski definition) is 5. The molecule has 2 aliphatic heterocycles. The molecule has 32 heavy (non-hydrogen) atoms. The number of nitrogens with zero attached hydrogens (tertiary/aromatic N) is 3. The molecule has 2 amide bonds. The van der Waals surface area contributed by atoms with Crippen LogP contribution in [0, 0.1) is 13.8 Å². The van der Waals surface area contributed by atoms with E-state index >= 15 is 0 Å². The van der Waals surface area contributed by atoms with Crippen LogP contribution >= 0.6 is 0 Å². The summed E-state index contributed by atoms with van der Waals surface area (Å²) < 4.78 is 5.71. The molecule has 2 aromatic carbocycles. The maximum atomic E-state index is 13.7. The zero-order chi connectivity index (χ0) is 23.0. The Bertz CT molecular complexity index is 1060. The Hall–Kier alpha value is -3.12. The minimum atomic E-state index is -0.273. The lowest BCUT2D eigenvalue weighted by Crippen LogP contribution is -2.46. The molecule has 0 aliphatic carbocycles. The van der Waals surface area contributed by atoms with E-state index < -0.39 is 0 Å². The number of carbonyl (C=O) groups is 2. The van der Waals surface area contributed by atoms with Gasteiger partial charge >= 0.3 is 0 Å². The van der Waals surface area contributed by atoms with Crippen LogP contribution < -0.4 is 9.64 Å². The van der Waals surface area contributed by atoms with Gasteiger partial charge in [-0.15, -0.1) is 0 Å². The third-order valence-electron chi connectivity index (χ3n) is 6.14. The quantitative estimate of drug-likeness (QED) is 0.674. The molecule has 0 N–H and O–H groups in total. The fourth-order valence-corrected chi connectivity index (χ4v) is 4.18. The second-order valence-electron chi connectivity index (χ2n) is 8.92. The van der Waals surface area contributed by atoms with Crippen LogP contribution in [0.4, 0.5) is 5.69 Å². The molecule has 4 rings (SSSR count). The van der Waals surface area contributed by atoms with Gasteiger partial charge in [-0.25, -0.2) is 4.90 Å². The fourth-order valence-electron chi connectivity index (χ4n) is 4.18. The number of piperazine rings is 1. The highest BCUT2D eigenvalue weighted by atomic mass is 16.5. The summed E-state index contributed by atoms with van der Waals surface area (Å²) in [5.74, 6) is 0.180. The van der Waals surface area contributed by atoms with E-state index in [9.17, 15) is 9.59 Å². The molecule has 0 bridgehead atoms. The highest BCUT2D eigenvalue weighted by Gasteiger charge is 2.43. The van der Waals surface area contributed by atoms with Crippen molar-refractivity contribution in [2.75, 3.05) is 38.1 Å². The van der Waals surface area contributed by atoms with Crippen LogP contribution in [0.25, 0.3) is 5.57 Å². The van der Waals surface area contributed by atoms with Crippen LogP contribution in [0.3, 0.4) is 0 Å². The first-order valence-electron chi connectivity index (χ1n) is 11.2. The SMILES string of the molecule is Cc1ccc(C2=C(N3CCN(C)CC3)C(=O)N(c3ccc(OC(C)C)cc3)C2=O)cc1C. The second kappa shape index (κ2) is 8.79. The Kier molecular flexibility index (Phi) is 6.07.